The van der Waals surface area contributed by atoms with E-state index in [1.54, 1.807) is 4.52 Å². The maximum absolute atomic E-state index is 11.7. The van der Waals surface area contributed by atoms with Gasteiger partial charge in [-0.1, -0.05) is 0 Å². The largest absolute Gasteiger partial charge is 0.491 e. The molecule has 1 aliphatic heterocycles. The second-order valence-electron chi connectivity index (χ2n) is 8.03. The molecule has 0 amide bonds. The number of rotatable bonds is 5. The number of carbonyl (C=O) groups is 1. The predicted molar refractivity (Wildman–Crippen MR) is 115 cm³/mol. The minimum Gasteiger partial charge on any atom is -0.491 e. The van der Waals surface area contributed by atoms with Crippen LogP contribution in [0.4, 0.5) is 5.69 Å². The molecule has 31 heavy (non-hydrogen) atoms. The Morgan fingerprint density at radius 3 is 2.97 bits per heavy atom. The van der Waals surface area contributed by atoms with Crippen LogP contribution in [-0.4, -0.2) is 47.9 Å². The van der Waals surface area contributed by atoms with Gasteiger partial charge in [-0.25, -0.2) is 14.3 Å². The maximum Gasteiger partial charge on any atom is 0.326 e. The van der Waals surface area contributed by atoms with Gasteiger partial charge in [-0.15, -0.1) is 5.10 Å². The molecule has 1 aromatic carbocycles. The summed E-state index contributed by atoms with van der Waals surface area (Å²) in [5, 5.41) is 17.2. The first-order valence-electron chi connectivity index (χ1n) is 10.3. The number of ether oxygens (including phenoxy) is 1. The standard InChI is InChI=1S/C21H19ClN6O3/c22-21-25-16-5-4-12(10-28(16)26-21)19-24-14-8-13(23-17(20(29)30)11-2-3-11)9-15-18(14)27(19)6-1-7-31-15/h4-5,8-11,17,23H,1-3,6-7H2,(H,29,30)/t17-/m0/s1. The van der Waals surface area contributed by atoms with Crippen LogP contribution >= 0.6 is 11.6 Å². The number of imidazole rings is 1. The average Bonchev–Trinajstić information content (AvgIpc) is 3.45. The maximum atomic E-state index is 11.7. The van der Waals surface area contributed by atoms with Gasteiger partial charge in [0.15, 0.2) is 5.65 Å². The van der Waals surface area contributed by atoms with Gasteiger partial charge in [0.2, 0.25) is 5.28 Å². The molecule has 1 aliphatic carbocycles. The Morgan fingerprint density at radius 2 is 2.16 bits per heavy atom. The van der Waals surface area contributed by atoms with Crippen LogP contribution in [0.15, 0.2) is 30.5 Å². The number of nitrogens with zero attached hydrogens (tertiary/aromatic N) is 5. The molecule has 10 heteroatoms. The lowest BCUT2D eigenvalue weighted by atomic mass is 10.1. The quantitative estimate of drug-likeness (QED) is 0.491. The molecule has 4 aromatic rings. The second kappa shape index (κ2) is 6.84. The van der Waals surface area contributed by atoms with Crippen molar-refractivity contribution in [3.05, 3.63) is 35.7 Å². The Hall–Kier alpha value is -3.33. The zero-order chi connectivity index (χ0) is 21.1. The fourth-order valence-corrected chi connectivity index (χ4v) is 4.41. The summed E-state index contributed by atoms with van der Waals surface area (Å²) in [4.78, 5) is 20.7. The summed E-state index contributed by atoms with van der Waals surface area (Å²) in [6.07, 6.45) is 4.57. The van der Waals surface area contributed by atoms with Crippen LogP contribution in [0.1, 0.15) is 19.3 Å². The first kappa shape index (κ1) is 18.4. The summed E-state index contributed by atoms with van der Waals surface area (Å²) < 4.78 is 9.80. The van der Waals surface area contributed by atoms with Crippen molar-refractivity contribution in [2.24, 2.45) is 5.92 Å². The summed E-state index contributed by atoms with van der Waals surface area (Å²) in [6.45, 7) is 1.35. The van der Waals surface area contributed by atoms with Gasteiger partial charge in [-0.05, 0) is 55.0 Å². The molecule has 0 saturated heterocycles. The van der Waals surface area contributed by atoms with E-state index >= 15 is 0 Å². The van der Waals surface area contributed by atoms with E-state index in [0.717, 1.165) is 48.2 Å². The number of aliphatic carboxylic acids is 1. The first-order chi connectivity index (χ1) is 15.1. The number of fused-ring (bicyclic) bond motifs is 1. The summed E-state index contributed by atoms with van der Waals surface area (Å²) in [5.74, 6) is 0.841. The van der Waals surface area contributed by atoms with E-state index in [1.807, 2.05) is 30.5 Å². The van der Waals surface area contributed by atoms with Crippen molar-refractivity contribution in [3.8, 4) is 17.1 Å². The molecular weight excluding hydrogens is 420 g/mol. The van der Waals surface area contributed by atoms with E-state index in [4.69, 9.17) is 21.3 Å². The van der Waals surface area contributed by atoms with Crippen LogP contribution < -0.4 is 10.1 Å². The number of hydrogen-bond acceptors (Lipinski definition) is 6. The highest BCUT2D eigenvalue weighted by molar-refractivity contribution is 6.28. The average molecular weight is 439 g/mol. The first-order valence-corrected chi connectivity index (χ1v) is 10.6. The van der Waals surface area contributed by atoms with Crippen molar-refractivity contribution < 1.29 is 14.6 Å². The smallest absolute Gasteiger partial charge is 0.326 e. The van der Waals surface area contributed by atoms with Gasteiger partial charge in [0.05, 0.1) is 12.1 Å². The van der Waals surface area contributed by atoms with E-state index in [1.165, 1.54) is 0 Å². The van der Waals surface area contributed by atoms with E-state index in [2.05, 4.69) is 20.0 Å². The Kier molecular flexibility index (Phi) is 4.07. The fourth-order valence-electron chi connectivity index (χ4n) is 4.24. The molecule has 1 fully saturated rings. The number of nitrogens with one attached hydrogen (secondary N) is 1. The van der Waals surface area contributed by atoms with Gasteiger partial charge in [0.25, 0.3) is 0 Å². The number of pyridine rings is 1. The molecule has 1 atom stereocenters. The van der Waals surface area contributed by atoms with Gasteiger partial charge < -0.3 is 19.7 Å². The molecular formula is C21H19ClN6O3. The summed E-state index contributed by atoms with van der Waals surface area (Å²) >= 11 is 5.93. The monoisotopic (exact) mass is 438 g/mol. The predicted octanol–water partition coefficient (Wildman–Crippen LogP) is 3.46. The number of carboxylic acid groups (broad SMARTS) is 1. The molecule has 0 bridgehead atoms. The van der Waals surface area contributed by atoms with Crippen LogP contribution in [0.2, 0.25) is 5.28 Å². The van der Waals surface area contributed by atoms with Crippen molar-refractivity contribution in [3.63, 3.8) is 0 Å². The number of aromatic nitrogens is 5. The minimum atomic E-state index is -0.833. The SMILES string of the molecule is O=C(O)[C@@H](Nc1cc2c3c(c1)nc(-c1ccc4nc(Cl)nn4c1)n3CCCO2)C1CC1. The number of benzene rings is 1. The Labute approximate surface area is 181 Å². The third-order valence-corrected chi connectivity index (χ3v) is 6.00. The molecule has 3 aromatic heterocycles. The lowest BCUT2D eigenvalue weighted by Crippen LogP contribution is -2.31. The van der Waals surface area contributed by atoms with Crippen molar-refractivity contribution in [2.75, 3.05) is 11.9 Å². The van der Waals surface area contributed by atoms with Crippen LogP contribution in [-0.2, 0) is 11.3 Å². The molecule has 2 N–H and O–H groups in total. The molecule has 0 spiro atoms. The van der Waals surface area contributed by atoms with Gasteiger partial charge in [-0.3, -0.25) is 0 Å². The highest BCUT2D eigenvalue weighted by Gasteiger charge is 2.36. The second-order valence-corrected chi connectivity index (χ2v) is 8.37. The topological polar surface area (TPSA) is 107 Å². The van der Waals surface area contributed by atoms with Crippen LogP contribution in [0, 0.1) is 5.92 Å². The Morgan fingerprint density at radius 1 is 1.29 bits per heavy atom. The van der Waals surface area contributed by atoms with E-state index in [0.29, 0.717) is 23.7 Å². The lowest BCUT2D eigenvalue weighted by molar-refractivity contribution is -0.138. The van der Waals surface area contributed by atoms with Crippen LogP contribution in [0.5, 0.6) is 5.75 Å². The summed E-state index contributed by atoms with van der Waals surface area (Å²) in [6, 6.07) is 6.99. The minimum absolute atomic E-state index is 0.169. The lowest BCUT2D eigenvalue weighted by Gasteiger charge is -2.16. The zero-order valence-electron chi connectivity index (χ0n) is 16.5. The van der Waals surface area contributed by atoms with E-state index < -0.39 is 12.0 Å². The van der Waals surface area contributed by atoms with Gasteiger partial charge in [0.1, 0.15) is 23.1 Å². The third-order valence-electron chi connectivity index (χ3n) is 5.84. The molecule has 0 radical (unpaired) electrons. The van der Waals surface area contributed by atoms with Crippen LogP contribution in [0.3, 0.4) is 0 Å². The molecule has 6 rings (SSSR count). The van der Waals surface area contributed by atoms with E-state index in [-0.39, 0.29) is 11.2 Å². The van der Waals surface area contributed by atoms with Gasteiger partial charge in [-0.2, -0.15) is 4.98 Å². The van der Waals surface area contributed by atoms with Crippen molar-refractivity contribution in [2.45, 2.75) is 31.8 Å². The van der Waals surface area contributed by atoms with Crippen molar-refractivity contribution in [1.82, 2.24) is 24.1 Å². The number of halogens is 1. The van der Waals surface area contributed by atoms with E-state index in [9.17, 15) is 9.90 Å². The number of aryl methyl sites for hydroxylation is 1. The highest BCUT2D eigenvalue weighted by Crippen LogP contribution is 2.38. The molecule has 1 saturated carbocycles. The number of hydrogen-bond donors (Lipinski definition) is 2. The Bertz CT molecular complexity index is 1340. The molecule has 0 unspecified atom stereocenters. The third kappa shape index (κ3) is 3.16. The molecule has 9 nitrogen and oxygen atoms in total. The number of anilines is 1. The van der Waals surface area contributed by atoms with Crippen LogP contribution in [0.25, 0.3) is 28.1 Å². The highest BCUT2D eigenvalue weighted by atomic mass is 35.5. The van der Waals surface area contributed by atoms with Gasteiger partial charge in [0, 0.05) is 30.1 Å². The normalized spacial score (nSPS) is 16.8. The van der Waals surface area contributed by atoms with Crippen molar-refractivity contribution >= 4 is 39.9 Å². The molecule has 4 heterocycles. The van der Waals surface area contributed by atoms with Gasteiger partial charge >= 0.3 is 5.97 Å². The molecule has 2 aliphatic rings. The zero-order valence-corrected chi connectivity index (χ0v) is 17.2. The Balaban J connectivity index is 1.48. The molecule has 158 valence electrons. The summed E-state index contributed by atoms with van der Waals surface area (Å²) in [5.41, 5.74) is 3.92. The summed E-state index contributed by atoms with van der Waals surface area (Å²) in [7, 11) is 0. The number of carboxylic acids is 1. The fraction of sp³-hybridized carbons (Fsp3) is 0.333. The van der Waals surface area contributed by atoms with Crippen molar-refractivity contribution in [1.29, 1.82) is 0 Å².